The van der Waals surface area contributed by atoms with Crippen LogP contribution in [-0.4, -0.2) is 0 Å². The van der Waals surface area contributed by atoms with Crippen LogP contribution in [0.15, 0.2) is 18.2 Å². The molecule has 0 aliphatic heterocycles. The van der Waals surface area contributed by atoms with Crippen molar-refractivity contribution in [3.05, 3.63) is 34.6 Å². The van der Waals surface area contributed by atoms with Gasteiger partial charge in [-0.05, 0) is 30.9 Å². The Morgan fingerprint density at radius 3 is 2.73 bits per heavy atom. The summed E-state index contributed by atoms with van der Waals surface area (Å²) in [6, 6.07) is 4.74. The number of rotatable bonds is 2. The molecule has 1 aliphatic rings. The number of benzene rings is 1. The summed E-state index contributed by atoms with van der Waals surface area (Å²) in [5, 5.41) is 0.451. The van der Waals surface area contributed by atoms with E-state index in [1.165, 1.54) is 6.07 Å². The molecular weight excluding hydrogens is 213 g/mol. The summed E-state index contributed by atoms with van der Waals surface area (Å²) in [6.07, 6.45) is 2.78. The maximum atomic E-state index is 13.6. The summed E-state index contributed by atoms with van der Waals surface area (Å²) >= 11 is 6.00. The van der Waals surface area contributed by atoms with Crippen molar-refractivity contribution in [3.63, 3.8) is 0 Å². The molecule has 2 N–H and O–H groups in total. The fourth-order valence-electron chi connectivity index (χ4n) is 2.44. The van der Waals surface area contributed by atoms with Gasteiger partial charge in [0.05, 0.1) is 0 Å². The Hall–Kier alpha value is -0.600. The van der Waals surface area contributed by atoms with E-state index in [9.17, 15) is 4.39 Å². The van der Waals surface area contributed by atoms with E-state index < -0.39 is 5.54 Å². The highest BCUT2D eigenvalue weighted by Gasteiger charge is 2.43. The normalized spacial score (nSPS) is 30.0. The lowest BCUT2D eigenvalue weighted by molar-refractivity contribution is 0.139. The van der Waals surface area contributed by atoms with E-state index in [2.05, 4.69) is 6.92 Å². The zero-order valence-electron chi connectivity index (χ0n) is 8.76. The van der Waals surface area contributed by atoms with Crippen molar-refractivity contribution < 1.29 is 4.39 Å². The van der Waals surface area contributed by atoms with Crippen molar-refractivity contribution in [2.24, 2.45) is 11.7 Å². The fraction of sp³-hybridized carbons (Fsp3) is 0.500. The monoisotopic (exact) mass is 227 g/mol. The summed E-state index contributed by atoms with van der Waals surface area (Å²) in [5.41, 5.74) is 6.13. The highest BCUT2D eigenvalue weighted by molar-refractivity contribution is 6.31. The molecule has 0 radical (unpaired) electrons. The fourth-order valence-corrected chi connectivity index (χ4v) is 2.79. The third kappa shape index (κ3) is 1.77. The van der Waals surface area contributed by atoms with Gasteiger partial charge in [-0.2, -0.15) is 0 Å². The SMILES string of the molecule is CCC1CC(N)(c2c(F)cccc2Cl)C1. The molecule has 1 nitrogen and oxygen atoms in total. The predicted molar refractivity (Wildman–Crippen MR) is 60.3 cm³/mol. The molecule has 0 bridgehead atoms. The third-order valence-corrected chi connectivity index (χ3v) is 3.66. The average Bonchev–Trinajstić information content (AvgIpc) is 2.13. The van der Waals surface area contributed by atoms with Crippen LogP contribution in [0.25, 0.3) is 0 Å². The van der Waals surface area contributed by atoms with E-state index in [1.807, 2.05) is 0 Å². The molecule has 2 rings (SSSR count). The Kier molecular flexibility index (Phi) is 2.73. The molecule has 0 heterocycles. The number of hydrogen-bond acceptors (Lipinski definition) is 1. The molecule has 0 aromatic heterocycles. The Morgan fingerprint density at radius 2 is 2.20 bits per heavy atom. The third-order valence-electron chi connectivity index (χ3n) is 3.34. The van der Waals surface area contributed by atoms with Crippen LogP contribution in [0.2, 0.25) is 5.02 Å². The zero-order chi connectivity index (χ0) is 11.1. The average molecular weight is 228 g/mol. The molecule has 1 aliphatic carbocycles. The van der Waals surface area contributed by atoms with Gasteiger partial charge in [0.15, 0.2) is 0 Å². The molecule has 0 amide bonds. The highest BCUT2D eigenvalue weighted by atomic mass is 35.5. The topological polar surface area (TPSA) is 26.0 Å². The van der Waals surface area contributed by atoms with Crippen molar-refractivity contribution in [2.75, 3.05) is 0 Å². The summed E-state index contributed by atoms with van der Waals surface area (Å²) in [4.78, 5) is 0. The van der Waals surface area contributed by atoms with Crippen molar-refractivity contribution in [3.8, 4) is 0 Å². The Bertz CT molecular complexity index is 352. The van der Waals surface area contributed by atoms with E-state index in [0.29, 0.717) is 16.5 Å². The summed E-state index contributed by atoms with van der Waals surface area (Å²) in [7, 11) is 0. The van der Waals surface area contributed by atoms with Gasteiger partial charge in [-0.25, -0.2) is 4.39 Å². The van der Waals surface area contributed by atoms with Crippen molar-refractivity contribution in [1.29, 1.82) is 0 Å². The van der Waals surface area contributed by atoms with E-state index in [-0.39, 0.29) is 5.82 Å². The van der Waals surface area contributed by atoms with Gasteiger partial charge >= 0.3 is 0 Å². The second-order valence-corrected chi connectivity index (χ2v) is 4.84. The van der Waals surface area contributed by atoms with E-state index in [4.69, 9.17) is 17.3 Å². The molecule has 3 heteroatoms. The molecule has 0 unspecified atom stereocenters. The van der Waals surface area contributed by atoms with Crippen LogP contribution < -0.4 is 5.73 Å². The maximum absolute atomic E-state index is 13.6. The number of halogens is 2. The van der Waals surface area contributed by atoms with Gasteiger partial charge in [0.25, 0.3) is 0 Å². The van der Waals surface area contributed by atoms with Gasteiger partial charge in [0.2, 0.25) is 0 Å². The van der Waals surface area contributed by atoms with Crippen LogP contribution in [0.4, 0.5) is 4.39 Å². The minimum Gasteiger partial charge on any atom is -0.321 e. The predicted octanol–water partition coefficient (Wildman–Crippen LogP) is 3.45. The van der Waals surface area contributed by atoms with Gasteiger partial charge in [-0.1, -0.05) is 31.0 Å². The summed E-state index contributed by atoms with van der Waals surface area (Å²) in [6.45, 7) is 2.13. The van der Waals surface area contributed by atoms with Crippen LogP contribution in [0.5, 0.6) is 0 Å². The minimum atomic E-state index is -0.539. The zero-order valence-corrected chi connectivity index (χ0v) is 9.52. The largest absolute Gasteiger partial charge is 0.321 e. The Balaban J connectivity index is 2.31. The van der Waals surface area contributed by atoms with Crippen molar-refractivity contribution >= 4 is 11.6 Å². The van der Waals surface area contributed by atoms with Gasteiger partial charge in [-0.3, -0.25) is 0 Å². The van der Waals surface area contributed by atoms with Crippen LogP contribution in [-0.2, 0) is 5.54 Å². The quantitative estimate of drug-likeness (QED) is 0.823. The van der Waals surface area contributed by atoms with Crippen molar-refractivity contribution in [2.45, 2.75) is 31.7 Å². The van der Waals surface area contributed by atoms with Gasteiger partial charge < -0.3 is 5.73 Å². The molecular formula is C12H15ClFN. The molecule has 1 fully saturated rings. The summed E-state index contributed by atoms with van der Waals surface area (Å²) < 4.78 is 13.6. The molecule has 0 saturated heterocycles. The lowest BCUT2D eigenvalue weighted by atomic mass is 9.64. The van der Waals surface area contributed by atoms with E-state index in [1.54, 1.807) is 12.1 Å². The van der Waals surface area contributed by atoms with E-state index >= 15 is 0 Å². The van der Waals surface area contributed by atoms with Crippen LogP contribution in [0.3, 0.4) is 0 Å². The Morgan fingerprint density at radius 1 is 1.53 bits per heavy atom. The molecule has 0 atom stereocenters. The highest BCUT2D eigenvalue weighted by Crippen LogP contribution is 2.47. The van der Waals surface area contributed by atoms with Gasteiger partial charge in [0.1, 0.15) is 5.82 Å². The molecule has 15 heavy (non-hydrogen) atoms. The molecule has 82 valence electrons. The minimum absolute atomic E-state index is 0.278. The van der Waals surface area contributed by atoms with E-state index in [0.717, 1.165) is 19.3 Å². The number of hydrogen-bond donors (Lipinski definition) is 1. The van der Waals surface area contributed by atoms with Gasteiger partial charge in [0, 0.05) is 16.1 Å². The second-order valence-electron chi connectivity index (χ2n) is 4.44. The Labute approximate surface area is 94.4 Å². The van der Waals surface area contributed by atoms with Gasteiger partial charge in [-0.15, -0.1) is 0 Å². The lowest BCUT2D eigenvalue weighted by Gasteiger charge is -2.45. The first-order chi connectivity index (χ1) is 7.07. The molecule has 1 aromatic carbocycles. The van der Waals surface area contributed by atoms with Crippen molar-refractivity contribution in [1.82, 2.24) is 0 Å². The molecule has 1 aromatic rings. The standard InChI is InChI=1S/C12H15ClFN/c1-2-8-6-12(15,7-8)11-9(13)4-3-5-10(11)14/h3-5,8H,2,6-7,15H2,1H3. The second kappa shape index (κ2) is 3.76. The maximum Gasteiger partial charge on any atom is 0.129 e. The lowest BCUT2D eigenvalue weighted by Crippen LogP contribution is -2.49. The van der Waals surface area contributed by atoms with Crippen LogP contribution >= 0.6 is 11.6 Å². The first-order valence-electron chi connectivity index (χ1n) is 5.30. The smallest absolute Gasteiger partial charge is 0.129 e. The molecule has 0 spiro atoms. The van der Waals surface area contributed by atoms with Crippen LogP contribution in [0, 0.1) is 11.7 Å². The molecule has 1 saturated carbocycles. The first-order valence-corrected chi connectivity index (χ1v) is 5.68. The van der Waals surface area contributed by atoms with Crippen LogP contribution in [0.1, 0.15) is 31.7 Å². The summed E-state index contributed by atoms with van der Waals surface area (Å²) in [5.74, 6) is 0.338. The first kappa shape index (κ1) is 10.9. The number of nitrogens with two attached hydrogens (primary N) is 1.